The summed E-state index contributed by atoms with van der Waals surface area (Å²) in [4.78, 5) is 15.0. The van der Waals surface area contributed by atoms with E-state index in [4.69, 9.17) is 0 Å². The van der Waals surface area contributed by atoms with Gasteiger partial charge in [0.25, 0.3) is 5.91 Å². The second kappa shape index (κ2) is 4.14. The quantitative estimate of drug-likeness (QED) is 0.771. The molecule has 0 atom stereocenters. The standard InChI is InChI=1S/C14H16N2O2/c17-13(16-9-14(18)5-1-6-14)11-3-2-10-4-7-15-12(10)8-11/h2-4,7-8,15,18H,1,5-6,9H2,(H,16,17). The van der Waals surface area contributed by atoms with Crippen molar-refractivity contribution in [2.75, 3.05) is 6.54 Å². The van der Waals surface area contributed by atoms with E-state index in [1.165, 1.54) is 0 Å². The largest absolute Gasteiger partial charge is 0.388 e. The van der Waals surface area contributed by atoms with Crippen molar-refractivity contribution in [1.29, 1.82) is 0 Å². The van der Waals surface area contributed by atoms with E-state index in [2.05, 4.69) is 10.3 Å². The summed E-state index contributed by atoms with van der Waals surface area (Å²) >= 11 is 0. The number of H-pyrrole nitrogens is 1. The van der Waals surface area contributed by atoms with Crippen LogP contribution in [0.1, 0.15) is 29.6 Å². The Morgan fingerprint density at radius 1 is 1.39 bits per heavy atom. The molecule has 2 aromatic rings. The lowest BCUT2D eigenvalue weighted by atomic mass is 9.80. The maximum absolute atomic E-state index is 12.0. The Bertz CT molecular complexity index is 584. The maximum Gasteiger partial charge on any atom is 0.251 e. The van der Waals surface area contributed by atoms with Crippen molar-refractivity contribution in [1.82, 2.24) is 10.3 Å². The SMILES string of the molecule is O=C(NCC1(O)CCC1)c1ccc2cc[nH]c2c1. The molecular formula is C14H16N2O2. The molecule has 0 saturated heterocycles. The van der Waals surface area contributed by atoms with Crippen LogP contribution in [0.2, 0.25) is 0 Å². The minimum Gasteiger partial charge on any atom is -0.388 e. The molecule has 0 radical (unpaired) electrons. The molecule has 4 heteroatoms. The normalized spacial score (nSPS) is 17.4. The van der Waals surface area contributed by atoms with Gasteiger partial charge in [0.15, 0.2) is 0 Å². The van der Waals surface area contributed by atoms with Crippen LogP contribution in [0.25, 0.3) is 10.9 Å². The van der Waals surface area contributed by atoms with Gasteiger partial charge in [-0.3, -0.25) is 4.79 Å². The van der Waals surface area contributed by atoms with Crippen molar-refractivity contribution in [2.45, 2.75) is 24.9 Å². The molecule has 0 aliphatic heterocycles. The van der Waals surface area contributed by atoms with Gasteiger partial charge in [-0.25, -0.2) is 0 Å². The van der Waals surface area contributed by atoms with Gasteiger partial charge in [0, 0.05) is 23.8 Å². The van der Waals surface area contributed by atoms with Crippen LogP contribution in [0.15, 0.2) is 30.5 Å². The van der Waals surface area contributed by atoms with Crippen LogP contribution >= 0.6 is 0 Å². The van der Waals surface area contributed by atoms with Crippen LogP contribution in [-0.4, -0.2) is 28.1 Å². The molecule has 1 aliphatic rings. The summed E-state index contributed by atoms with van der Waals surface area (Å²) in [7, 11) is 0. The Balaban J connectivity index is 1.71. The second-order valence-electron chi connectivity index (χ2n) is 5.04. The van der Waals surface area contributed by atoms with Gasteiger partial charge in [0.2, 0.25) is 0 Å². The first kappa shape index (κ1) is 11.3. The molecule has 0 bridgehead atoms. The fourth-order valence-electron chi connectivity index (χ4n) is 2.30. The third-order valence-electron chi connectivity index (χ3n) is 3.68. The van der Waals surface area contributed by atoms with Gasteiger partial charge in [0.05, 0.1) is 5.60 Å². The van der Waals surface area contributed by atoms with Gasteiger partial charge in [0.1, 0.15) is 0 Å². The summed E-state index contributed by atoms with van der Waals surface area (Å²) < 4.78 is 0. The number of amides is 1. The summed E-state index contributed by atoms with van der Waals surface area (Å²) in [5, 5.41) is 13.8. The number of aromatic amines is 1. The van der Waals surface area contributed by atoms with Crippen LogP contribution in [0.5, 0.6) is 0 Å². The van der Waals surface area contributed by atoms with Gasteiger partial charge in [-0.1, -0.05) is 6.07 Å². The summed E-state index contributed by atoms with van der Waals surface area (Å²) in [6.45, 7) is 0.342. The van der Waals surface area contributed by atoms with Gasteiger partial charge in [-0.15, -0.1) is 0 Å². The van der Waals surface area contributed by atoms with Crippen LogP contribution in [0.4, 0.5) is 0 Å². The van der Waals surface area contributed by atoms with Crippen molar-refractivity contribution < 1.29 is 9.90 Å². The van der Waals surface area contributed by atoms with Crippen LogP contribution in [0.3, 0.4) is 0 Å². The number of hydrogen-bond donors (Lipinski definition) is 3. The number of aromatic nitrogens is 1. The molecule has 4 nitrogen and oxygen atoms in total. The lowest BCUT2D eigenvalue weighted by Crippen LogP contribution is -2.47. The van der Waals surface area contributed by atoms with E-state index in [1.54, 1.807) is 6.07 Å². The number of rotatable bonds is 3. The zero-order chi connectivity index (χ0) is 12.6. The fourth-order valence-corrected chi connectivity index (χ4v) is 2.30. The van der Waals surface area contributed by atoms with Crippen LogP contribution in [-0.2, 0) is 0 Å². The van der Waals surface area contributed by atoms with Gasteiger partial charge >= 0.3 is 0 Å². The van der Waals surface area contributed by atoms with Crippen molar-refractivity contribution in [3.8, 4) is 0 Å². The van der Waals surface area contributed by atoms with Crippen molar-refractivity contribution >= 4 is 16.8 Å². The Labute approximate surface area is 105 Å². The summed E-state index contributed by atoms with van der Waals surface area (Å²) in [5.74, 6) is -0.133. The van der Waals surface area contributed by atoms with E-state index in [0.29, 0.717) is 12.1 Å². The Hall–Kier alpha value is -1.81. The average molecular weight is 244 g/mol. The molecule has 1 heterocycles. The van der Waals surface area contributed by atoms with Gasteiger partial charge < -0.3 is 15.4 Å². The molecule has 3 rings (SSSR count). The third kappa shape index (κ3) is 1.99. The van der Waals surface area contributed by atoms with Crippen LogP contribution in [0, 0.1) is 0 Å². The van der Waals surface area contributed by atoms with E-state index in [1.807, 2.05) is 24.4 Å². The van der Waals surface area contributed by atoms with Gasteiger partial charge in [-0.05, 0) is 42.8 Å². The van der Waals surface area contributed by atoms with E-state index in [-0.39, 0.29) is 5.91 Å². The van der Waals surface area contributed by atoms with E-state index >= 15 is 0 Å². The highest BCUT2D eigenvalue weighted by molar-refractivity contribution is 5.97. The number of benzene rings is 1. The molecule has 1 aromatic carbocycles. The molecule has 1 fully saturated rings. The molecule has 3 N–H and O–H groups in total. The predicted molar refractivity (Wildman–Crippen MR) is 69.4 cm³/mol. The van der Waals surface area contributed by atoms with Gasteiger partial charge in [-0.2, -0.15) is 0 Å². The highest BCUT2D eigenvalue weighted by atomic mass is 16.3. The lowest BCUT2D eigenvalue weighted by Gasteiger charge is -2.36. The van der Waals surface area contributed by atoms with Crippen LogP contribution < -0.4 is 5.32 Å². The lowest BCUT2D eigenvalue weighted by molar-refractivity contribution is -0.0300. The Kier molecular flexibility index (Phi) is 2.59. The molecule has 1 aromatic heterocycles. The van der Waals surface area contributed by atoms with E-state index in [9.17, 15) is 9.90 Å². The molecular weight excluding hydrogens is 228 g/mol. The number of carbonyl (C=O) groups excluding carboxylic acids is 1. The summed E-state index contributed by atoms with van der Waals surface area (Å²) in [6, 6.07) is 7.51. The minimum absolute atomic E-state index is 0.133. The average Bonchev–Trinajstić information content (AvgIpc) is 2.80. The predicted octanol–water partition coefficient (Wildman–Crippen LogP) is 1.81. The number of aliphatic hydroxyl groups is 1. The number of fused-ring (bicyclic) bond motifs is 1. The summed E-state index contributed by atoms with van der Waals surface area (Å²) in [5.41, 5.74) is 0.893. The van der Waals surface area contributed by atoms with Crippen molar-refractivity contribution in [2.24, 2.45) is 0 Å². The number of nitrogens with one attached hydrogen (secondary N) is 2. The molecule has 0 spiro atoms. The number of carbonyl (C=O) groups is 1. The highest BCUT2D eigenvalue weighted by Crippen LogP contribution is 2.30. The Morgan fingerprint density at radius 3 is 2.94 bits per heavy atom. The first-order chi connectivity index (χ1) is 8.66. The highest BCUT2D eigenvalue weighted by Gasteiger charge is 2.34. The molecule has 1 amide bonds. The minimum atomic E-state index is -0.674. The smallest absolute Gasteiger partial charge is 0.251 e. The maximum atomic E-state index is 12.0. The molecule has 1 saturated carbocycles. The molecule has 1 aliphatic carbocycles. The number of hydrogen-bond acceptors (Lipinski definition) is 2. The van der Waals surface area contributed by atoms with E-state index in [0.717, 1.165) is 30.2 Å². The third-order valence-corrected chi connectivity index (χ3v) is 3.68. The zero-order valence-corrected chi connectivity index (χ0v) is 10.1. The van der Waals surface area contributed by atoms with Crippen molar-refractivity contribution in [3.63, 3.8) is 0 Å². The second-order valence-corrected chi connectivity index (χ2v) is 5.04. The molecule has 18 heavy (non-hydrogen) atoms. The summed E-state index contributed by atoms with van der Waals surface area (Å²) in [6.07, 6.45) is 4.45. The Morgan fingerprint density at radius 2 is 2.22 bits per heavy atom. The molecule has 0 unspecified atom stereocenters. The first-order valence-corrected chi connectivity index (χ1v) is 6.24. The topological polar surface area (TPSA) is 65.1 Å². The molecule has 94 valence electrons. The first-order valence-electron chi connectivity index (χ1n) is 6.24. The fraction of sp³-hybridized carbons (Fsp3) is 0.357. The monoisotopic (exact) mass is 244 g/mol. The van der Waals surface area contributed by atoms with E-state index < -0.39 is 5.60 Å². The zero-order valence-electron chi connectivity index (χ0n) is 10.1. The van der Waals surface area contributed by atoms with Crippen molar-refractivity contribution in [3.05, 3.63) is 36.0 Å².